The zero-order valence-electron chi connectivity index (χ0n) is 22.5. The molecule has 1 N–H and O–H groups in total. The third-order valence-corrected chi connectivity index (χ3v) is 8.80. The normalized spacial score (nSPS) is 15.3. The van der Waals surface area contributed by atoms with Gasteiger partial charge in [0.1, 0.15) is 0 Å². The molecule has 0 radical (unpaired) electrons. The number of aromatic nitrogens is 3. The largest absolute Gasteiger partial charge is 0.354 e. The molecule has 0 fully saturated rings. The summed E-state index contributed by atoms with van der Waals surface area (Å²) in [6.07, 6.45) is 12.2. The van der Waals surface area contributed by atoms with Gasteiger partial charge in [-0.1, -0.05) is 91.0 Å². The lowest BCUT2D eigenvalue weighted by atomic mass is 10.0. The SMILES string of the molecule is C1=CCC(n2c3ccccc3c3ccc4c(ccn4-c4cccc5[nH]c6ccc(-c7ccccc7)cc6c45)c32)C=C1. The highest BCUT2D eigenvalue weighted by Crippen LogP contribution is 2.40. The third-order valence-electron chi connectivity index (χ3n) is 8.80. The topological polar surface area (TPSA) is 25.6 Å². The predicted octanol–water partition coefficient (Wildman–Crippen LogP) is 10.1. The maximum Gasteiger partial charge on any atom is 0.0592 e. The predicted molar refractivity (Wildman–Crippen MR) is 173 cm³/mol. The van der Waals surface area contributed by atoms with Crippen molar-refractivity contribution in [1.82, 2.24) is 14.1 Å². The Kier molecular flexibility index (Phi) is 4.73. The first-order valence-corrected chi connectivity index (χ1v) is 14.3. The van der Waals surface area contributed by atoms with Crippen molar-refractivity contribution in [3.63, 3.8) is 0 Å². The molecule has 194 valence electrons. The molecule has 0 saturated carbocycles. The fourth-order valence-corrected chi connectivity index (χ4v) is 6.97. The molecule has 8 aromatic rings. The van der Waals surface area contributed by atoms with Crippen molar-refractivity contribution in [3.8, 4) is 16.8 Å². The first kappa shape index (κ1) is 22.5. The van der Waals surface area contributed by atoms with Gasteiger partial charge in [-0.25, -0.2) is 0 Å². The molecule has 5 aromatic carbocycles. The van der Waals surface area contributed by atoms with E-state index in [1.165, 1.54) is 60.3 Å². The van der Waals surface area contributed by atoms with Crippen molar-refractivity contribution in [2.75, 3.05) is 0 Å². The summed E-state index contributed by atoms with van der Waals surface area (Å²) in [7, 11) is 0. The summed E-state index contributed by atoms with van der Waals surface area (Å²) >= 11 is 0. The Bertz CT molecular complexity index is 2340. The van der Waals surface area contributed by atoms with Crippen LogP contribution < -0.4 is 0 Å². The second kappa shape index (κ2) is 8.61. The fraction of sp³-hybridized carbons (Fsp3) is 0.0526. The van der Waals surface area contributed by atoms with Crippen LogP contribution in [0.4, 0.5) is 0 Å². The number of benzene rings is 5. The van der Waals surface area contributed by atoms with Gasteiger partial charge in [0.15, 0.2) is 0 Å². The van der Waals surface area contributed by atoms with Crippen molar-refractivity contribution in [2.45, 2.75) is 12.5 Å². The molecule has 1 unspecified atom stereocenters. The number of nitrogens with one attached hydrogen (secondary N) is 1. The van der Waals surface area contributed by atoms with Crippen molar-refractivity contribution in [2.24, 2.45) is 0 Å². The van der Waals surface area contributed by atoms with Gasteiger partial charge in [-0.05, 0) is 60.0 Å². The van der Waals surface area contributed by atoms with Gasteiger partial charge in [-0.2, -0.15) is 0 Å². The zero-order valence-corrected chi connectivity index (χ0v) is 22.5. The van der Waals surface area contributed by atoms with Crippen LogP contribution in [0.5, 0.6) is 0 Å². The Balaban J connectivity index is 1.32. The molecular weight excluding hydrogens is 498 g/mol. The third kappa shape index (κ3) is 3.26. The number of fused-ring (bicyclic) bond motifs is 8. The van der Waals surface area contributed by atoms with Crippen LogP contribution in [-0.4, -0.2) is 14.1 Å². The summed E-state index contributed by atoms with van der Waals surface area (Å²) in [5, 5.41) is 6.40. The molecule has 0 amide bonds. The summed E-state index contributed by atoms with van der Waals surface area (Å²) in [5.74, 6) is 0. The van der Waals surface area contributed by atoms with Crippen LogP contribution in [0.15, 0.2) is 140 Å². The van der Waals surface area contributed by atoms with E-state index in [9.17, 15) is 0 Å². The highest BCUT2D eigenvalue weighted by Gasteiger charge is 2.21. The second-order valence-electron chi connectivity index (χ2n) is 11.0. The van der Waals surface area contributed by atoms with E-state index in [0.717, 1.165) is 17.5 Å². The van der Waals surface area contributed by atoms with Crippen LogP contribution >= 0.6 is 0 Å². The minimum atomic E-state index is 0.296. The van der Waals surface area contributed by atoms with Crippen molar-refractivity contribution in [1.29, 1.82) is 0 Å². The molecule has 0 saturated heterocycles. The molecule has 0 spiro atoms. The maximum absolute atomic E-state index is 3.68. The lowest BCUT2D eigenvalue weighted by molar-refractivity contribution is 0.649. The van der Waals surface area contributed by atoms with Crippen LogP contribution in [0.1, 0.15) is 12.5 Å². The van der Waals surface area contributed by atoms with Crippen LogP contribution in [0.3, 0.4) is 0 Å². The maximum atomic E-state index is 3.68. The molecule has 41 heavy (non-hydrogen) atoms. The number of hydrogen-bond donors (Lipinski definition) is 1. The van der Waals surface area contributed by atoms with Gasteiger partial charge in [-0.3, -0.25) is 0 Å². The van der Waals surface area contributed by atoms with Gasteiger partial charge in [0.2, 0.25) is 0 Å². The monoisotopic (exact) mass is 525 g/mol. The average Bonchev–Trinajstić information content (AvgIpc) is 3.73. The number of para-hydroxylation sites is 1. The Labute approximate surface area is 237 Å². The first-order valence-electron chi connectivity index (χ1n) is 14.3. The molecule has 3 aromatic heterocycles. The van der Waals surface area contributed by atoms with Crippen LogP contribution in [-0.2, 0) is 0 Å². The van der Waals surface area contributed by atoms with Crippen molar-refractivity contribution >= 4 is 54.5 Å². The molecule has 9 rings (SSSR count). The van der Waals surface area contributed by atoms with Gasteiger partial charge in [0, 0.05) is 49.7 Å². The number of allylic oxidation sites excluding steroid dienone is 4. The van der Waals surface area contributed by atoms with E-state index in [-0.39, 0.29) is 0 Å². The summed E-state index contributed by atoms with van der Waals surface area (Å²) in [6.45, 7) is 0. The lowest BCUT2D eigenvalue weighted by Crippen LogP contribution is -2.06. The highest BCUT2D eigenvalue weighted by molar-refractivity contribution is 6.18. The Hall–Kier alpha value is -5.28. The number of nitrogens with zero attached hydrogens (tertiary/aromatic N) is 2. The summed E-state index contributed by atoms with van der Waals surface area (Å²) < 4.78 is 4.92. The van der Waals surface area contributed by atoms with Gasteiger partial charge in [0.05, 0.1) is 22.8 Å². The molecule has 1 aliphatic carbocycles. The Morgan fingerprint density at radius 2 is 1.51 bits per heavy atom. The van der Waals surface area contributed by atoms with E-state index in [0.29, 0.717) is 6.04 Å². The van der Waals surface area contributed by atoms with Crippen LogP contribution in [0.2, 0.25) is 0 Å². The van der Waals surface area contributed by atoms with Gasteiger partial charge >= 0.3 is 0 Å². The molecule has 1 atom stereocenters. The van der Waals surface area contributed by atoms with Gasteiger partial charge < -0.3 is 14.1 Å². The number of H-pyrrole nitrogens is 1. The van der Waals surface area contributed by atoms with E-state index in [4.69, 9.17) is 0 Å². The molecule has 3 heteroatoms. The van der Waals surface area contributed by atoms with E-state index in [2.05, 4.69) is 154 Å². The molecule has 0 bridgehead atoms. The second-order valence-corrected chi connectivity index (χ2v) is 11.0. The van der Waals surface area contributed by atoms with Gasteiger partial charge in [0.25, 0.3) is 0 Å². The minimum absolute atomic E-state index is 0.296. The molecule has 0 aliphatic heterocycles. The first-order chi connectivity index (χ1) is 20.3. The standard InChI is InChI=1S/C38H27N3/c1-3-10-25(11-4-1)26-18-20-32-31(24-26)37-33(39-32)15-9-17-36(37)40-23-22-30-34(40)21-19-29-28-14-7-8-16-35(28)41(38(29)30)27-12-5-2-6-13-27/h1-12,14-24,27,39H,13H2. The molecule has 3 nitrogen and oxygen atoms in total. The van der Waals surface area contributed by atoms with E-state index in [1.807, 2.05) is 0 Å². The molecule has 1 aliphatic rings. The smallest absolute Gasteiger partial charge is 0.0592 e. The van der Waals surface area contributed by atoms with Crippen LogP contribution in [0, 0.1) is 0 Å². The zero-order chi connectivity index (χ0) is 26.9. The van der Waals surface area contributed by atoms with Gasteiger partial charge in [-0.15, -0.1) is 0 Å². The Morgan fingerprint density at radius 1 is 0.610 bits per heavy atom. The summed E-state index contributed by atoms with van der Waals surface area (Å²) in [5.41, 5.74) is 9.78. The quantitative estimate of drug-likeness (QED) is 0.237. The van der Waals surface area contributed by atoms with E-state index in [1.54, 1.807) is 0 Å². The van der Waals surface area contributed by atoms with Crippen molar-refractivity contribution in [3.05, 3.63) is 140 Å². The Morgan fingerprint density at radius 3 is 2.41 bits per heavy atom. The molecular formula is C38H27N3. The van der Waals surface area contributed by atoms with Crippen molar-refractivity contribution < 1.29 is 0 Å². The number of rotatable bonds is 3. The van der Waals surface area contributed by atoms with Crippen LogP contribution in [0.25, 0.3) is 71.3 Å². The highest BCUT2D eigenvalue weighted by atomic mass is 15.0. The number of hydrogen-bond acceptors (Lipinski definition) is 0. The van der Waals surface area contributed by atoms with E-state index < -0.39 is 0 Å². The minimum Gasteiger partial charge on any atom is -0.354 e. The summed E-state index contributed by atoms with van der Waals surface area (Å²) in [6, 6.07) is 40.0. The average molecular weight is 526 g/mol. The number of aromatic amines is 1. The molecule has 3 heterocycles. The fourth-order valence-electron chi connectivity index (χ4n) is 6.97. The summed E-state index contributed by atoms with van der Waals surface area (Å²) in [4.78, 5) is 3.68. The lowest BCUT2D eigenvalue weighted by Gasteiger charge is -2.19. The van der Waals surface area contributed by atoms with E-state index >= 15 is 0 Å².